The number of rotatable bonds is 6. The van der Waals surface area contributed by atoms with Crippen molar-refractivity contribution in [2.45, 2.75) is 13.5 Å². The lowest BCUT2D eigenvalue weighted by atomic mass is 10.2. The molecular weight excluding hydrogens is 274 g/mol. The molecule has 0 bridgehead atoms. The third-order valence-corrected chi connectivity index (χ3v) is 2.05. The van der Waals surface area contributed by atoms with E-state index in [1.165, 1.54) is 31.5 Å². The van der Waals surface area contributed by atoms with Gasteiger partial charge in [0, 0.05) is 0 Å². The number of ether oxygens (including phenoxy) is 3. The van der Waals surface area contributed by atoms with Crippen LogP contribution in [0, 0.1) is 0 Å². The molecule has 0 saturated heterocycles. The van der Waals surface area contributed by atoms with Crippen molar-refractivity contribution < 1.29 is 27.8 Å². The Balaban J connectivity index is 2.72. The Morgan fingerprint density at radius 1 is 1.45 bits per heavy atom. The molecule has 0 unspecified atom stereocenters. The molecule has 0 saturated carbocycles. The van der Waals surface area contributed by atoms with E-state index < -0.39 is 12.7 Å². The highest BCUT2D eigenvalue weighted by Crippen LogP contribution is 2.28. The Kier molecular flexibility index (Phi) is 6.21. The van der Waals surface area contributed by atoms with Crippen molar-refractivity contribution in [1.82, 2.24) is 5.43 Å². The fourth-order valence-electron chi connectivity index (χ4n) is 1.28. The summed E-state index contributed by atoms with van der Waals surface area (Å²) in [5, 5.41) is 3.63. The SMILES string of the molecule is CCOC(=O)N/N=C/c1ccc(OC(F)F)c(OC)c1. The smallest absolute Gasteiger partial charge is 0.427 e. The Hall–Kier alpha value is -2.38. The molecule has 1 aromatic rings. The van der Waals surface area contributed by atoms with Crippen LogP contribution in [0.4, 0.5) is 13.6 Å². The normalized spacial score (nSPS) is 10.7. The van der Waals surface area contributed by atoms with E-state index in [9.17, 15) is 13.6 Å². The molecule has 0 aliphatic heterocycles. The lowest BCUT2D eigenvalue weighted by Crippen LogP contribution is -2.18. The number of halogens is 2. The maximum atomic E-state index is 12.1. The molecule has 110 valence electrons. The van der Waals surface area contributed by atoms with Gasteiger partial charge in [-0.25, -0.2) is 10.2 Å². The van der Waals surface area contributed by atoms with Crippen molar-refractivity contribution in [2.24, 2.45) is 5.10 Å². The first-order valence-electron chi connectivity index (χ1n) is 5.65. The van der Waals surface area contributed by atoms with Gasteiger partial charge >= 0.3 is 12.7 Å². The van der Waals surface area contributed by atoms with Crippen molar-refractivity contribution in [3.63, 3.8) is 0 Å². The van der Waals surface area contributed by atoms with Crippen molar-refractivity contribution in [3.05, 3.63) is 23.8 Å². The van der Waals surface area contributed by atoms with Gasteiger partial charge in [-0.2, -0.15) is 13.9 Å². The number of nitrogens with zero attached hydrogens (tertiary/aromatic N) is 1. The van der Waals surface area contributed by atoms with Crippen molar-refractivity contribution in [1.29, 1.82) is 0 Å². The van der Waals surface area contributed by atoms with Gasteiger partial charge in [0.05, 0.1) is 19.9 Å². The minimum atomic E-state index is -2.94. The third-order valence-electron chi connectivity index (χ3n) is 2.05. The summed E-state index contributed by atoms with van der Waals surface area (Å²) in [4.78, 5) is 11.0. The molecule has 0 atom stereocenters. The fraction of sp³-hybridized carbons (Fsp3) is 0.333. The number of hydrogen-bond donors (Lipinski definition) is 1. The molecule has 0 aliphatic carbocycles. The van der Waals surface area contributed by atoms with E-state index in [1.54, 1.807) is 6.92 Å². The lowest BCUT2D eigenvalue weighted by Gasteiger charge is -2.09. The van der Waals surface area contributed by atoms with Gasteiger partial charge in [-0.15, -0.1) is 0 Å². The predicted molar refractivity (Wildman–Crippen MR) is 67.4 cm³/mol. The topological polar surface area (TPSA) is 69.2 Å². The van der Waals surface area contributed by atoms with Crippen LogP contribution in [0.25, 0.3) is 0 Å². The zero-order chi connectivity index (χ0) is 15.0. The average Bonchev–Trinajstić information content (AvgIpc) is 2.40. The van der Waals surface area contributed by atoms with Gasteiger partial charge in [-0.3, -0.25) is 0 Å². The molecular formula is C12H14F2N2O4. The monoisotopic (exact) mass is 288 g/mol. The number of hydrogen-bond acceptors (Lipinski definition) is 5. The maximum Gasteiger partial charge on any atom is 0.427 e. The van der Waals surface area contributed by atoms with E-state index in [-0.39, 0.29) is 18.1 Å². The van der Waals surface area contributed by atoms with E-state index in [2.05, 4.69) is 20.0 Å². The van der Waals surface area contributed by atoms with E-state index in [0.29, 0.717) is 5.56 Å². The summed E-state index contributed by atoms with van der Waals surface area (Å²) in [5.41, 5.74) is 2.66. The van der Waals surface area contributed by atoms with Crippen LogP contribution in [0.2, 0.25) is 0 Å². The van der Waals surface area contributed by atoms with Crippen LogP contribution >= 0.6 is 0 Å². The highest BCUT2D eigenvalue weighted by molar-refractivity contribution is 5.82. The van der Waals surface area contributed by atoms with Crippen molar-refractivity contribution >= 4 is 12.3 Å². The standard InChI is InChI=1S/C12H14F2N2O4/c1-3-19-12(17)16-15-7-8-4-5-9(20-11(13)14)10(6-8)18-2/h4-7,11H,3H2,1-2H3,(H,16,17)/b15-7+. The number of benzene rings is 1. The highest BCUT2D eigenvalue weighted by Gasteiger charge is 2.10. The van der Waals surface area contributed by atoms with Gasteiger partial charge in [0.2, 0.25) is 0 Å². The van der Waals surface area contributed by atoms with Crippen LogP contribution < -0.4 is 14.9 Å². The molecule has 8 heteroatoms. The molecule has 0 aromatic heterocycles. The Bertz CT molecular complexity index is 481. The molecule has 1 aromatic carbocycles. The van der Waals surface area contributed by atoms with Crippen LogP contribution in [0.1, 0.15) is 12.5 Å². The molecule has 0 spiro atoms. The maximum absolute atomic E-state index is 12.1. The number of carbonyl (C=O) groups excluding carboxylic acids is 1. The minimum Gasteiger partial charge on any atom is -0.493 e. The second-order valence-corrected chi connectivity index (χ2v) is 3.38. The number of amides is 1. The molecule has 1 N–H and O–H groups in total. The third kappa shape index (κ3) is 5.09. The number of hydrazone groups is 1. The van der Waals surface area contributed by atoms with Crippen LogP contribution in [0.3, 0.4) is 0 Å². The van der Waals surface area contributed by atoms with Crippen LogP contribution in [0.15, 0.2) is 23.3 Å². The molecule has 0 heterocycles. The summed E-state index contributed by atoms with van der Waals surface area (Å²) in [7, 11) is 1.32. The average molecular weight is 288 g/mol. The summed E-state index contributed by atoms with van der Waals surface area (Å²) >= 11 is 0. The largest absolute Gasteiger partial charge is 0.493 e. The summed E-state index contributed by atoms with van der Waals surface area (Å²) < 4.78 is 38.1. The Morgan fingerprint density at radius 2 is 2.20 bits per heavy atom. The van der Waals surface area contributed by atoms with E-state index in [1.807, 2.05) is 0 Å². The molecule has 1 amide bonds. The first-order valence-corrected chi connectivity index (χ1v) is 5.65. The van der Waals surface area contributed by atoms with Gasteiger partial charge in [0.25, 0.3) is 0 Å². The Morgan fingerprint density at radius 3 is 2.80 bits per heavy atom. The zero-order valence-corrected chi connectivity index (χ0v) is 10.9. The van der Waals surface area contributed by atoms with Crippen LogP contribution in [0.5, 0.6) is 11.5 Å². The molecule has 0 fully saturated rings. The van der Waals surface area contributed by atoms with Gasteiger partial charge in [0.15, 0.2) is 11.5 Å². The van der Waals surface area contributed by atoms with Crippen molar-refractivity contribution in [3.8, 4) is 11.5 Å². The molecule has 0 radical (unpaired) electrons. The minimum absolute atomic E-state index is 0.0852. The Labute approximate surface area is 114 Å². The van der Waals surface area contributed by atoms with Gasteiger partial charge in [-0.1, -0.05) is 0 Å². The van der Waals surface area contributed by atoms with E-state index in [4.69, 9.17) is 4.74 Å². The van der Waals surface area contributed by atoms with Crippen LogP contribution in [-0.4, -0.2) is 32.6 Å². The highest BCUT2D eigenvalue weighted by atomic mass is 19.3. The van der Waals surface area contributed by atoms with Crippen LogP contribution in [-0.2, 0) is 4.74 Å². The number of carbonyl (C=O) groups is 1. The summed E-state index contributed by atoms with van der Waals surface area (Å²) in [5.74, 6) is 0.0448. The second-order valence-electron chi connectivity index (χ2n) is 3.38. The number of methoxy groups -OCH3 is 1. The molecule has 20 heavy (non-hydrogen) atoms. The first-order chi connectivity index (χ1) is 9.56. The summed E-state index contributed by atoms with van der Waals surface area (Å²) in [6.45, 7) is -1.04. The van der Waals surface area contributed by atoms with Gasteiger partial charge in [0.1, 0.15) is 0 Å². The van der Waals surface area contributed by atoms with E-state index >= 15 is 0 Å². The summed E-state index contributed by atoms with van der Waals surface area (Å²) in [6, 6.07) is 4.24. The lowest BCUT2D eigenvalue weighted by molar-refractivity contribution is -0.0512. The molecule has 6 nitrogen and oxygen atoms in total. The molecule has 0 aliphatic rings. The fourth-order valence-corrected chi connectivity index (χ4v) is 1.28. The molecule has 1 rings (SSSR count). The quantitative estimate of drug-likeness (QED) is 0.644. The van der Waals surface area contributed by atoms with E-state index in [0.717, 1.165) is 0 Å². The van der Waals surface area contributed by atoms with Gasteiger partial charge in [-0.05, 0) is 30.7 Å². The summed E-state index contributed by atoms with van der Waals surface area (Å²) in [6.07, 6.45) is 0.624. The van der Waals surface area contributed by atoms with Crippen molar-refractivity contribution in [2.75, 3.05) is 13.7 Å². The second kappa shape index (κ2) is 7.93. The first kappa shape index (κ1) is 15.7. The van der Waals surface area contributed by atoms with Gasteiger partial charge < -0.3 is 14.2 Å². The zero-order valence-electron chi connectivity index (χ0n) is 10.9. The number of alkyl halides is 2. The predicted octanol–water partition coefficient (Wildman–Crippen LogP) is 2.38. The number of nitrogens with one attached hydrogen (secondary N) is 1.